The summed E-state index contributed by atoms with van der Waals surface area (Å²) in [6.45, 7) is 5.36. The number of hydrogen-bond donors (Lipinski definition) is 1. The van der Waals surface area contributed by atoms with Crippen molar-refractivity contribution in [2.45, 2.75) is 27.2 Å². The van der Waals surface area contributed by atoms with E-state index < -0.39 is 11.6 Å². The van der Waals surface area contributed by atoms with Gasteiger partial charge in [-0.25, -0.2) is 9.37 Å². The Kier molecular flexibility index (Phi) is 8.11. The van der Waals surface area contributed by atoms with Gasteiger partial charge in [-0.1, -0.05) is 12.1 Å². The number of nitrogens with zero attached hydrogens (tertiary/aromatic N) is 2. The van der Waals surface area contributed by atoms with E-state index in [9.17, 15) is 9.59 Å². The lowest BCUT2D eigenvalue weighted by molar-refractivity contribution is 0.0991. The summed E-state index contributed by atoms with van der Waals surface area (Å²) in [5.41, 5.74) is 3.91. The number of nitrogens with one attached hydrogen (secondary N) is 1. The summed E-state index contributed by atoms with van der Waals surface area (Å²) in [6, 6.07) is 12.9. The fraction of sp³-hybridized carbons (Fsp3) is 0.212. The number of hydrogen-bond acceptors (Lipinski definition) is 8. The van der Waals surface area contributed by atoms with Gasteiger partial charge in [0, 0.05) is 41.7 Å². The molecule has 0 saturated heterocycles. The molecule has 0 aliphatic carbocycles. The average molecular weight is 584 g/mol. The van der Waals surface area contributed by atoms with Gasteiger partial charge in [-0.15, -0.1) is 0 Å². The highest BCUT2D eigenvalue weighted by Gasteiger charge is 2.22. The number of aromatic amines is 1. The number of H-pyrrole nitrogens is 1. The summed E-state index contributed by atoms with van der Waals surface area (Å²) in [5.74, 6) is 0.411. The summed E-state index contributed by atoms with van der Waals surface area (Å²) >= 11 is 0. The van der Waals surface area contributed by atoms with E-state index in [0.717, 1.165) is 5.56 Å². The van der Waals surface area contributed by atoms with Crippen molar-refractivity contribution in [3.63, 3.8) is 0 Å². The zero-order chi connectivity index (χ0) is 30.8. The molecule has 9 nitrogen and oxygen atoms in total. The van der Waals surface area contributed by atoms with Crippen LogP contribution in [0.2, 0.25) is 0 Å². The second-order valence-electron chi connectivity index (χ2n) is 9.98. The largest absolute Gasteiger partial charge is 0.496 e. The van der Waals surface area contributed by atoms with Crippen LogP contribution < -0.4 is 24.4 Å². The standard InChI is InChI=1S/C33H30FN3O6/c1-17-13-21(8-10-25(17)40-4)29-18(2)36-19(3)30(32(29)39)24(38)15-20-7-9-26(22(34)14-20)43-27-11-12-35-23-16-28(41-5)33(42-6)37-31(23)27/h7-14,16H,15H2,1-6H3,(H,36,39). The van der Waals surface area contributed by atoms with Crippen LogP contribution in [-0.2, 0) is 6.42 Å². The molecule has 0 bridgehead atoms. The zero-order valence-corrected chi connectivity index (χ0v) is 24.6. The quantitative estimate of drug-likeness (QED) is 0.201. The van der Waals surface area contributed by atoms with E-state index in [1.807, 2.05) is 13.0 Å². The molecule has 220 valence electrons. The molecule has 43 heavy (non-hydrogen) atoms. The normalized spacial score (nSPS) is 11.0. The van der Waals surface area contributed by atoms with Gasteiger partial charge >= 0.3 is 0 Å². The highest BCUT2D eigenvalue weighted by atomic mass is 19.1. The maximum atomic E-state index is 15.3. The van der Waals surface area contributed by atoms with Crippen molar-refractivity contribution >= 4 is 16.8 Å². The van der Waals surface area contributed by atoms with Crippen LogP contribution in [-0.4, -0.2) is 42.1 Å². The van der Waals surface area contributed by atoms with Gasteiger partial charge in [0.05, 0.1) is 32.4 Å². The van der Waals surface area contributed by atoms with Gasteiger partial charge in [0.2, 0.25) is 5.43 Å². The molecule has 2 aromatic carbocycles. The van der Waals surface area contributed by atoms with Crippen LogP contribution in [0.1, 0.15) is 32.9 Å². The van der Waals surface area contributed by atoms with Crippen LogP contribution in [0.25, 0.3) is 22.2 Å². The molecule has 0 aliphatic heterocycles. The van der Waals surface area contributed by atoms with Crippen LogP contribution >= 0.6 is 0 Å². The van der Waals surface area contributed by atoms with Gasteiger partial charge in [-0.2, -0.15) is 0 Å². The summed E-state index contributed by atoms with van der Waals surface area (Å²) in [6.07, 6.45) is 1.33. The molecule has 10 heteroatoms. The number of rotatable bonds is 9. The third-order valence-corrected chi connectivity index (χ3v) is 7.14. The smallest absolute Gasteiger partial charge is 0.257 e. The van der Waals surface area contributed by atoms with E-state index in [0.29, 0.717) is 50.6 Å². The molecule has 3 heterocycles. The fourth-order valence-electron chi connectivity index (χ4n) is 5.11. The van der Waals surface area contributed by atoms with Crippen molar-refractivity contribution in [1.29, 1.82) is 0 Å². The number of ketones is 1. The predicted octanol–water partition coefficient (Wildman–Crippen LogP) is 6.29. The third kappa shape index (κ3) is 5.63. The minimum absolute atomic E-state index is 0.0357. The van der Waals surface area contributed by atoms with Crippen LogP contribution in [0.3, 0.4) is 0 Å². The molecule has 5 aromatic rings. The number of pyridine rings is 3. The summed E-state index contributed by atoms with van der Waals surface area (Å²) in [4.78, 5) is 38.9. The van der Waals surface area contributed by atoms with E-state index in [2.05, 4.69) is 15.0 Å². The number of carbonyl (C=O) groups excluding carboxylic acids is 1. The summed E-state index contributed by atoms with van der Waals surface area (Å²) in [7, 11) is 4.53. The second kappa shape index (κ2) is 11.9. The van der Waals surface area contributed by atoms with Crippen molar-refractivity contribution in [2.24, 2.45) is 0 Å². The second-order valence-corrected chi connectivity index (χ2v) is 9.98. The lowest BCUT2D eigenvalue weighted by Crippen LogP contribution is -2.22. The Bertz CT molecular complexity index is 1940. The van der Waals surface area contributed by atoms with Crippen LogP contribution in [0, 0.1) is 26.6 Å². The lowest BCUT2D eigenvalue weighted by atomic mass is 9.95. The summed E-state index contributed by atoms with van der Waals surface area (Å²) in [5, 5.41) is 0. The van der Waals surface area contributed by atoms with E-state index in [1.165, 1.54) is 32.5 Å². The first kappa shape index (κ1) is 29.2. The van der Waals surface area contributed by atoms with Crippen molar-refractivity contribution < 1.29 is 28.1 Å². The number of ether oxygens (including phenoxy) is 4. The molecular weight excluding hydrogens is 553 g/mol. The molecule has 0 aliphatic rings. The Hall–Kier alpha value is -5.25. The fourth-order valence-corrected chi connectivity index (χ4v) is 5.11. The highest BCUT2D eigenvalue weighted by molar-refractivity contribution is 5.99. The predicted molar refractivity (Wildman–Crippen MR) is 160 cm³/mol. The van der Waals surface area contributed by atoms with Crippen molar-refractivity contribution in [2.75, 3.05) is 21.3 Å². The third-order valence-electron chi connectivity index (χ3n) is 7.14. The van der Waals surface area contributed by atoms with Crippen molar-refractivity contribution in [1.82, 2.24) is 15.0 Å². The molecule has 0 unspecified atom stereocenters. The SMILES string of the molecule is COc1ccc(-c2c(C)[nH]c(C)c(C(=O)Cc3ccc(Oc4ccnc5cc(OC)c(OC)nc45)c(F)c3)c2=O)cc1C. The zero-order valence-electron chi connectivity index (χ0n) is 24.6. The highest BCUT2D eigenvalue weighted by Crippen LogP contribution is 2.35. The van der Waals surface area contributed by atoms with Crippen LogP contribution in [0.5, 0.6) is 28.9 Å². The van der Waals surface area contributed by atoms with E-state index >= 15 is 4.39 Å². The van der Waals surface area contributed by atoms with Gasteiger partial charge in [0.25, 0.3) is 5.88 Å². The Morgan fingerprint density at radius 1 is 0.860 bits per heavy atom. The molecule has 0 saturated carbocycles. The minimum Gasteiger partial charge on any atom is -0.496 e. The molecular formula is C33H30FN3O6. The first-order valence-corrected chi connectivity index (χ1v) is 13.4. The van der Waals surface area contributed by atoms with E-state index in [4.69, 9.17) is 18.9 Å². The topological polar surface area (TPSA) is 113 Å². The van der Waals surface area contributed by atoms with Gasteiger partial charge < -0.3 is 23.9 Å². The Morgan fingerprint density at radius 3 is 2.28 bits per heavy atom. The molecule has 0 atom stereocenters. The van der Waals surface area contributed by atoms with Crippen LogP contribution in [0.15, 0.2) is 59.5 Å². The maximum absolute atomic E-state index is 15.3. The molecule has 0 fully saturated rings. The average Bonchev–Trinajstić information content (AvgIpc) is 2.97. The van der Waals surface area contributed by atoms with Gasteiger partial charge in [0.15, 0.2) is 28.8 Å². The number of aryl methyl sites for hydroxylation is 3. The van der Waals surface area contributed by atoms with E-state index in [1.54, 1.807) is 51.3 Å². The first-order valence-electron chi connectivity index (χ1n) is 13.4. The number of methoxy groups -OCH3 is 3. The first-order chi connectivity index (χ1) is 20.6. The molecule has 3 aromatic heterocycles. The Labute approximate surface area is 247 Å². The lowest BCUT2D eigenvalue weighted by Gasteiger charge is -2.14. The molecule has 0 spiro atoms. The Morgan fingerprint density at radius 2 is 1.60 bits per heavy atom. The van der Waals surface area contributed by atoms with E-state index in [-0.39, 0.29) is 34.8 Å². The number of benzene rings is 2. The number of carbonyl (C=O) groups is 1. The van der Waals surface area contributed by atoms with Crippen molar-refractivity contribution in [3.8, 4) is 40.0 Å². The maximum Gasteiger partial charge on any atom is 0.257 e. The van der Waals surface area contributed by atoms with Gasteiger partial charge in [0.1, 0.15) is 11.3 Å². The van der Waals surface area contributed by atoms with Gasteiger partial charge in [-0.3, -0.25) is 14.6 Å². The van der Waals surface area contributed by atoms with Crippen molar-refractivity contribution in [3.05, 3.63) is 98.8 Å². The molecule has 0 amide bonds. The molecule has 0 radical (unpaired) electrons. The molecule has 1 N–H and O–H groups in total. The minimum atomic E-state index is -0.681. The molecule has 5 rings (SSSR count). The Balaban J connectivity index is 1.43. The monoisotopic (exact) mass is 583 g/mol. The summed E-state index contributed by atoms with van der Waals surface area (Å²) < 4.78 is 37.0. The number of halogens is 1. The number of fused-ring (bicyclic) bond motifs is 1. The van der Waals surface area contributed by atoms with Crippen LogP contribution in [0.4, 0.5) is 4.39 Å². The number of aromatic nitrogens is 3. The number of Topliss-reactive ketones (excluding diaryl/α,β-unsaturated/α-hetero) is 1. The van der Waals surface area contributed by atoms with Gasteiger partial charge in [-0.05, 0) is 61.7 Å².